The van der Waals surface area contributed by atoms with Crippen LogP contribution in [0.4, 0.5) is 0 Å². The smallest absolute Gasteiger partial charge is 0.307 e. The van der Waals surface area contributed by atoms with Crippen LogP contribution >= 0.6 is 31.9 Å². The number of carbonyl (C=O) groups is 1. The summed E-state index contributed by atoms with van der Waals surface area (Å²) in [4.78, 5) is 11.9. The van der Waals surface area contributed by atoms with Crippen LogP contribution in [-0.2, 0) is 0 Å². The van der Waals surface area contributed by atoms with Crippen molar-refractivity contribution in [2.45, 2.75) is 0 Å². The fraction of sp³-hybridized carbons (Fsp3) is 0. The SMILES string of the molecule is O=C(NN=Cc1cc(Br)c(Br)o1)c1cc2ccccc2o1. The number of carbonyl (C=O) groups excluding carboxylic acids is 1. The standard InChI is InChI=1S/C14H8Br2N2O3/c15-10-6-9(20-13(10)16)7-17-18-14(19)12-5-8-3-1-2-4-11(8)21-12/h1-7H,(H,18,19). The van der Waals surface area contributed by atoms with Crippen LogP contribution in [0.25, 0.3) is 11.0 Å². The highest BCUT2D eigenvalue weighted by atomic mass is 79.9. The van der Waals surface area contributed by atoms with Gasteiger partial charge in [0.25, 0.3) is 0 Å². The highest BCUT2D eigenvalue weighted by Crippen LogP contribution is 2.25. The average molecular weight is 412 g/mol. The second-order valence-corrected chi connectivity index (χ2v) is 5.69. The normalized spacial score (nSPS) is 11.3. The zero-order valence-corrected chi connectivity index (χ0v) is 13.6. The predicted molar refractivity (Wildman–Crippen MR) is 85.4 cm³/mol. The van der Waals surface area contributed by atoms with Gasteiger partial charge in [0.05, 0.1) is 10.7 Å². The van der Waals surface area contributed by atoms with Crippen LogP contribution in [0.5, 0.6) is 0 Å². The number of furan rings is 2. The number of fused-ring (bicyclic) bond motifs is 1. The van der Waals surface area contributed by atoms with E-state index in [1.165, 1.54) is 6.21 Å². The van der Waals surface area contributed by atoms with Crippen LogP contribution < -0.4 is 5.43 Å². The number of hydrazone groups is 1. The van der Waals surface area contributed by atoms with Crippen molar-refractivity contribution in [3.05, 3.63) is 57.1 Å². The van der Waals surface area contributed by atoms with Crippen LogP contribution in [0.3, 0.4) is 0 Å². The van der Waals surface area contributed by atoms with Gasteiger partial charge in [-0.1, -0.05) is 18.2 Å². The molecule has 21 heavy (non-hydrogen) atoms. The molecule has 0 aliphatic rings. The number of hydrogen-bond acceptors (Lipinski definition) is 4. The molecule has 2 aromatic heterocycles. The summed E-state index contributed by atoms with van der Waals surface area (Å²) in [5, 5.41) is 4.69. The molecular weight excluding hydrogens is 404 g/mol. The Kier molecular flexibility index (Phi) is 3.94. The monoisotopic (exact) mass is 410 g/mol. The maximum absolute atomic E-state index is 11.9. The van der Waals surface area contributed by atoms with Gasteiger partial charge in [-0.15, -0.1) is 0 Å². The largest absolute Gasteiger partial charge is 0.451 e. The fourth-order valence-electron chi connectivity index (χ4n) is 1.73. The molecule has 1 aromatic carbocycles. The Morgan fingerprint density at radius 1 is 1.19 bits per heavy atom. The topological polar surface area (TPSA) is 67.7 Å². The summed E-state index contributed by atoms with van der Waals surface area (Å²) < 4.78 is 12.1. The first kappa shape index (κ1) is 14.1. The first-order valence-electron chi connectivity index (χ1n) is 5.90. The van der Waals surface area contributed by atoms with Gasteiger partial charge < -0.3 is 8.83 Å². The van der Waals surface area contributed by atoms with E-state index < -0.39 is 5.91 Å². The molecule has 3 aromatic rings. The molecule has 1 amide bonds. The summed E-state index contributed by atoms with van der Waals surface area (Å²) in [6, 6.07) is 10.8. The van der Waals surface area contributed by atoms with Crippen molar-refractivity contribution in [3.8, 4) is 0 Å². The minimum Gasteiger partial charge on any atom is -0.451 e. The summed E-state index contributed by atoms with van der Waals surface area (Å²) in [5.41, 5.74) is 3.04. The zero-order valence-electron chi connectivity index (χ0n) is 10.5. The molecule has 2 heterocycles. The van der Waals surface area contributed by atoms with Crippen LogP contribution in [0.1, 0.15) is 16.3 Å². The third kappa shape index (κ3) is 3.08. The molecule has 0 unspecified atom stereocenters. The Bertz CT molecular complexity index is 783. The van der Waals surface area contributed by atoms with Crippen molar-refractivity contribution in [1.29, 1.82) is 0 Å². The Hall–Kier alpha value is -1.86. The van der Waals surface area contributed by atoms with Gasteiger partial charge in [0.2, 0.25) is 0 Å². The number of benzene rings is 1. The quantitative estimate of drug-likeness (QED) is 0.515. The molecular formula is C14H8Br2N2O3. The molecule has 0 spiro atoms. The van der Waals surface area contributed by atoms with E-state index in [9.17, 15) is 4.79 Å². The lowest BCUT2D eigenvalue weighted by molar-refractivity contribution is 0.0929. The van der Waals surface area contributed by atoms with Crippen molar-refractivity contribution in [2.75, 3.05) is 0 Å². The van der Waals surface area contributed by atoms with Crippen molar-refractivity contribution >= 4 is 55.0 Å². The first-order valence-corrected chi connectivity index (χ1v) is 7.49. The van der Waals surface area contributed by atoms with E-state index in [2.05, 4.69) is 42.4 Å². The van der Waals surface area contributed by atoms with Crippen molar-refractivity contribution in [1.82, 2.24) is 5.43 Å². The summed E-state index contributed by atoms with van der Waals surface area (Å²) in [6.45, 7) is 0. The Labute approximate surface area is 136 Å². The molecule has 0 atom stereocenters. The van der Waals surface area contributed by atoms with E-state index in [0.29, 0.717) is 16.0 Å². The number of para-hydroxylation sites is 1. The highest BCUT2D eigenvalue weighted by molar-refractivity contribution is 9.13. The van der Waals surface area contributed by atoms with Crippen LogP contribution in [-0.4, -0.2) is 12.1 Å². The van der Waals surface area contributed by atoms with E-state index in [0.717, 1.165) is 9.86 Å². The van der Waals surface area contributed by atoms with Crippen LogP contribution in [0.2, 0.25) is 0 Å². The number of hydrogen-bond donors (Lipinski definition) is 1. The summed E-state index contributed by atoms with van der Waals surface area (Å²) in [5.74, 6) is 0.279. The molecule has 1 N–H and O–H groups in total. The summed E-state index contributed by atoms with van der Waals surface area (Å²) in [7, 11) is 0. The molecule has 5 nitrogen and oxygen atoms in total. The predicted octanol–water partition coefficient (Wildman–Crippen LogP) is 4.31. The van der Waals surface area contributed by atoms with Gasteiger partial charge in [-0.3, -0.25) is 4.79 Å². The number of nitrogens with zero attached hydrogens (tertiary/aromatic N) is 1. The van der Waals surface area contributed by atoms with Crippen LogP contribution in [0.15, 0.2) is 59.5 Å². The molecule has 0 radical (unpaired) electrons. The molecule has 0 fully saturated rings. The number of amides is 1. The highest BCUT2D eigenvalue weighted by Gasteiger charge is 2.11. The van der Waals surface area contributed by atoms with Gasteiger partial charge in [0, 0.05) is 11.5 Å². The lowest BCUT2D eigenvalue weighted by Crippen LogP contribution is -2.16. The number of halogens is 2. The van der Waals surface area contributed by atoms with Gasteiger partial charge in [-0.05, 0) is 44.0 Å². The third-order valence-electron chi connectivity index (χ3n) is 2.67. The van der Waals surface area contributed by atoms with Gasteiger partial charge in [-0.2, -0.15) is 5.10 Å². The maximum atomic E-state index is 11.9. The minimum absolute atomic E-state index is 0.204. The van der Waals surface area contributed by atoms with Crippen LogP contribution in [0, 0.1) is 0 Å². The maximum Gasteiger partial charge on any atom is 0.307 e. The minimum atomic E-state index is -0.424. The zero-order chi connectivity index (χ0) is 14.8. The van der Waals surface area contributed by atoms with Gasteiger partial charge in [0.15, 0.2) is 10.4 Å². The van der Waals surface area contributed by atoms with E-state index in [-0.39, 0.29) is 5.76 Å². The Morgan fingerprint density at radius 2 is 2.00 bits per heavy atom. The van der Waals surface area contributed by atoms with Crippen molar-refractivity contribution in [2.24, 2.45) is 5.10 Å². The molecule has 0 saturated carbocycles. The summed E-state index contributed by atoms with van der Waals surface area (Å²) >= 11 is 6.50. The fourth-order valence-corrected chi connectivity index (χ4v) is 2.34. The second kappa shape index (κ2) is 5.87. The van der Waals surface area contributed by atoms with Crippen molar-refractivity contribution < 1.29 is 13.6 Å². The molecule has 7 heteroatoms. The Morgan fingerprint density at radius 3 is 2.71 bits per heavy atom. The summed E-state index contributed by atoms with van der Waals surface area (Å²) in [6.07, 6.45) is 1.40. The molecule has 0 aliphatic heterocycles. The molecule has 3 rings (SSSR count). The van der Waals surface area contributed by atoms with Gasteiger partial charge >= 0.3 is 5.91 Å². The second-order valence-electron chi connectivity index (χ2n) is 4.12. The lowest BCUT2D eigenvalue weighted by Gasteiger charge is -1.93. The molecule has 0 bridgehead atoms. The average Bonchev–Trinajstić information content (AvgIpc) is 3.03. The first-order chi connectivity index (χ1) is 10.1. The molecule has 0 aliphatic carbocycles. The van der Waals surface area contributed by atoms with Gasteiger partial charge in [0.1, 0.15) is 11.3 Å². The third-order valence-corrected chi connectivity index (χ3v) is 4.38. The lowest BCUT2D eigenvalue weighted by atomic mass is 10.2. The van der Waals surface area contributed by atoms with E-state index in [4.69, 9.17) is 8.83 Å². The molecule has 0 saturated heterocycles. The number of nitrogens with one attached hydrogen (secondary N) is 1. The van der Waals surface area contributed by atoms with Gasteiger partial charge in [-0.25, -0.2) is 5.43 Å². The van der Waals surface area contributed by atoms with E-state index >= 15 is 0 Å². The van der Waals surface area contributed by atoms with E-state index in [1.54, 1.807) is 18.2 Å². The molecule has 106 valence electrons. The van der Waals surface area contributed by atoms with E-state index in [1.807, 2.05) is 18.2 Å². The number of rotatable bonds is 3. The van der Waals surface area contributed by atoms with Crippen molar-refractivity contribution in [3.63, 3.8) is 0 Å². The Balaban J connectivity index is 1.71.